The highest BCUT2D eigenvalue weighted by molar-refractivity contribution is 5.93. The first-order valence-electron chi connectivity index (χ1n) is 9.28. The van der Waals surface area contributed by atoms with Crippen LogP contribution in [0.15, 0.2) is 60.9 Å². The predicted molar refractivity (Wildman–Crippen MR) is 111 cm³/mol. The molecule has 0 aliphatic carbocycles. The number of hydrogen-bond acceptors (Lipinski definition) is 6. The molecular formula is C22H24N4O3. The van der Waals surface area contributed by atoms with E-state index in [1.807, 2.05) is 48.5 Å². The van der Waals surface area contributed by atoms with Crippen molar-refractivity contribution in [3.05, 3.63) is 77.6 Å². The van der Waals surface area contributed by atoms with Crippen LogP contribution < -0.4 is 20.1 Å². The molecule has 0 spiro atoms. The van der Waals surface area contributed by atoms with Crippen molar-refractivity contribution >= 4 is 11.9 Å². The highest BCUT2D eigenvalue weighted by Gasteiger charge is 2.09. The first kappa shape index (κ1) is 20.1. The standard InChI is InChI=1S/C22H24N4O3/c1-28-19-9-7-16(8-10-19)11-12-23-22-25-14-18(15-26-22)21(27)24-13-17-5-3-4-6-20(17)29-2/h3-10,14-15H,11-13H2,1-2H3,(H,24,27)(H,23,25,26). The Morgan fingerprint density at radius 1 is 0.966 bits per heavy atom. The van der Waals surface area contributed by atoms with Crippen LogP contribution in [0.3, 0.4) is 0 Å². The molecule has 7 nitrogen and oxygen atoms in total. The molecule has 0 aliphatic heterocycles. The molecule has 0 saturated heterocycles. The number of aromatic nitrogens is 2. The van der Waals surface area contributed by atoms with Gasteiger partial charge in [0.2, 0.25) is 5.95 Å². The Hall–Kier alpha value is -3.61. The third kappa shape index (κ3) is 5.68. The van der Waals surface area contributed by atoms with Crippen molar-refractivity contribution in [2.75, 3.05) is 26.1 Å². The molecule has 0 bridgehead atoms. The normalized spacial score (nSPS) is 10.3. The minimum Gasteiger partial charge on any atom is -0.497 e. The van der Waals surface area contributed by atoms with E-state index >= 15 is 0 Å². The van der Waals surface area contributed by atoms with Gasteiger partial charge in [0.1, 0.15) is 11.5 Å². The summed E-state index contributed by atoms with van der Waals surface area (Å²) in [7, 11) is 3.26. The van der Waals surface area contributed by atoms with Gasteiger partial charge in [-0.25, -0.2) is 9.97 Å². The van der Waals surface area contributed by atoms with E-state index < -0.39 is 0 Å². The number of carbonyl (C=O) groups is 1. The van der Waals surface area contributed by atoms with Crippen molar-refractivity contribution in [2.24, 2.45) is 0 Å². The maximum absolute atomic E-state index is 12.3. The first-order chi connectivity index (χ1) is 14.2. The molecule has 2 aromatic carbocycles. The smallest absolute Gasteiger partial charge is 0.254 e. The second-order valence-electron chi connectivity index (χ2n) is 6.31. The fraction of sp³-hybridized carbons (Fsp3) is 0.227. The van der Waals surface area contributed by atoms with Gasteiger partial charge in [-0.05, 0) is 30.2 Å². The SMILES string of the molecule is COc1ccc(CCNc2ncc(C(=O)NCc3ccccc3OC)cn2)cc1. The average molecular weight is 392 g/mol. The van der Waals surface area contributed by atoms with Gasteiger partial charge < -0.3 is 20.1 Å². The summed E-state index contributed by atoms with van der Waals surface area (Å²) < 4.78 is 10.4. The summed E-state index contributed by atoms with van der Waals surface area (Å²) in [4.78, 5) is 20.8. The Kier molecular flexibility index (Phi) is 7.00. The number of para-hydroxylation sites is 1. The van der Waals surface area contributed by atoms with Gasteiger partial charge in [-0.15, -0.1) is 0 Å². The van der Waals surface area contributed by atoms with Gasteiger partial charge in [-0.2, -0.15) is 0 Å². The second-order valence-corrected chi connectivity index (χ2v) is 6.31. The van der Waals surface area contributed by atoms with Crippen LogP contribution in [-0.2, 0) is 13.0 Å². The van der Waals surface area contributed by atoms with E-state index in [0.29, 0.717) is 24.6 Å². The van der Waals surface area contributed by atoms with Gasteiger partial charge in [-0.1, -0.05) is 30.3 Å². The van der Waals surface area contributed by atoms with E-state index in [0.717, 1.165) is 23.5 Å². The zero-order valence-corrected chi connectivity index (χ0v) is 16.5. The summed E-state index contributed by atoms with van der Waals surface area (Å²) in [6.07, 6.45) is 3.86. The van der Waals surface area contributed by atoms with Crippen LogP contribution in [0, 0.1) is 0 Å². The summed E-state index contributed by atoms with van der Waals surface area (Å²) in [5, 5.41) is 6.01. The van der Waals surface area contributed by atoms with Crippen LogP contribution in [0.2, 0.25) is 0 Å². The summed E-state index contributed by atoms with van der Waals surface area (Å²) in [5.74, 6) is 1.82. The molecule has 7 heteroatoms. The van der Waals surface area contributed by atoms with Gasteiger partial charge in [-0.3, -0.25) is 4.79 Å². The lowest BCUT2D eigenvalue weighted by molar-refractivity contribution is 0.0950. The topological polar surface area (TPSA) is 85.4 Å². The third-order valence-corrected chi connectivity index (χ3v) is 4.40. The number of benzene rings is 2. The molecule has 1 heterocycles. The number of rotatable bonds is 9. The van der Waals surface area contributed by atoms with Crippen molar-refractivity contribution in [3.8, 4) is 11.5 Å². The van der Waals surface area contributed by atoms with Crippen LogP contribution in [0.5, 0.6) is 11.5 Å². The van der Waals surface area contributed by atoms with Gasteiger partial charge in [0, 0.05) is 31.0 Å². The van der Waals surface area contributed by atoms with Crippen molar-refractivity contribution < 1.29 is 14.3 Å². The molecule has 0 saturated carbocycles. The van der Waals surface area contributed by atoms with E-state index in [9.17, 15) is 4.79 Å². The van der Waals surface area contributed by atoms with E-state index in [-0.39, 0.29) is 5.91 Å². The zero-order valence-electron chi connectivity index (χ0n) is 16.5. The molecule has 0 aliphatic rings. The molecule has 1 amide bonds. The van der Waals surface area contributed by atoms with Crippen molar-refractivity contribution in [3.63, 3.8) is 0 Å². The summed E-state index contributed by atoms with van der Waals surface area (Å²) >= 11 is 0. The first-order valence-corrected chi connectivity index (χ1v) is 9.28. The van der Waals surface area contributed by atoms with E-state index in [1.165, 1.54) is 18.0 Å². The monoisotopic (exact) mass is 392 g/mol. The minimum absolute atomic E-state index is 0.235. The fourth-order valence-electron chi connectivity index (χ4n) is 2.77. The molecule has 3 rings (SSSR count). The number of hydrogen-bond donors (Lipinski definition) is 2. The molecule has 0 unspecified atom stereocenters. The molecule has 29 heavy (non-hydrogen) atoms. The Balaban J connectivity index is 1.48. The van der Waals surface area contributed by atoms with Gasteiger partial charge in [0.05, 0.1) is 19.8 Å². The van der Waals surface area contributed by atoms with Crippen LogP contribution in [0.25, 0.3) is 0 Å². The minimum atomic E-state index is -0.235. The zero-order chi connectivity index (χ0) is 20.5. The summed E-state index contributed by atoms with van der Waals surface area (Å²) in [5.41, 5.74) is 2.49. The largest absolute Gasteiger partial charge is 0.497 e. The number of methoxy groups -OCH3 is 2. The lowest BCUT2D eigenvalue weighted by atomic mass is 10.1. The van der Waals surface area contributed by atoms with Gasteiger partial charge >= 0.3 is 0 Å². The quantitative estimate of drug-likeness (QED) is 0.582. The number of nitrogens with one attached hydrogen (secondary N) is 2. The van der Waals surface area contributed by atoms with E-state index in [1.54, 1.807) is 14.2 Å². The van der Waals surface area contributed by atoms with Crippen LogP contribution in [0.4, 0.5) is 5.95 Å². The number of anilines is 1. The molecular weight excluding hydrogens is 368 g/mol. The fourth-order valence-corrected chi connectivity index (χ4v) is 2.77. The highest BCUT2D eigenvalue weighted by Crippen LogP contribution is 2.17. The molecule has 3 aromatic rings. The maximum atomic E-state index is 12.3. The van der Waals surface area contributed by atoms with Crippen molar-refractivity contribution in [2.45, 2.75) is 13.0 Å². The lowest BCUT2D eigenvalue weighted by Gasteiger charge is -2.10. The van der Waals surface area contributed by atoms with Crippen LogP contribution in [0.1, 0.15) is 21.5 Å². The van der Waals surface area contributed by atoms with Crippen molar-refractivity contribution in [1.82, 2.24) is 15.3 Å². The predicted octanol–water partition coefficient (Wildman–Crippen LogP) is 3.08. The summed E-state index contributed by atoms with van der Waals surface area (Å²) in [6, 6.07) is 15.5. The number of nitrogens with zero attached hydrogens (tertiary/aromatic N) is 2. The Morgan fingerprint density at radius 2 is 1.69 bits per heavy atom. The molecule has 1 aromatic heterocycles. The second kappa shape index (κ2) is 10.1. The molecule has 0 atom stereocenters. The Bertz CT molecular complexity index is 928. The number of carbonyl (C=O) groups excluding carboxylic acids is 1. The molecule has 0 radical (unpaired) electrons. The molecule has 150 valence electrons. The van der Waals surface area contributed by atoms with Gasteiger partial charge in [0.15, 0.2) is 0 Å². The lowest BCUT2D eigenvalue weighted by Crippen LogP contribution is -2.23. The maximum Gasteiger partial charge on any atom is 0.254 e. The Morgan fingerprint density at radius 3 is 2.38 bits per heavy atom. The average Bonchev–Trinajstić information content (AvgIpc) is 2.78. The van der Waals surface area contributed by atoms with Crippen LogP contribution in [-0.4, -0.2) is 36.6 Å². The Labute approximate surface area is 170 Å². The van der Waals surface area contributed by atoms with Crippen molar-refractivity contribution in [1.29, 1.82) is 0 Å². The van der Waals surface area contributed by atoms with E-state index in [2.05, 4.69) is 20.6 Å². The highest BCUT2D eigenvalue weighted by atomic mass is 16.5. The molecule has 0 fully saturated rings. The number of amides is 1. The molecule has 2 N–H and O–H groups in total. The van der Waals surface area contributed by atoms with Gasteiger partial charge in [0.25, 0.3) is 5.91 Å². The van der Waals surface area contributed by atoms with Crippen LogP contribution >= 0.6 is 0 Å². The number of ether oxygens (including phenoxy) is 2. The summed E-state index contributed by atoms with van der Waals surface area (Å²) in [6.45, 7) is 1.05. The van der Waals surface area contributed by atoms with E-state index in [4.69, 9.17) is 9.47 Å². The third-order valence-electron chi connectivity index (χ3n) is 4.40.